The van der Waals surface area contributed by atoms with Crippen LogP contribution in [0.2, 0.25) is 0 Å². The Bertz CT molecular complexity index is 733. The van der Waals surface area contributed by atoms with Crippen LogP contribution in [0.1, 0.15) is 30.3 Å². The highest BCUT2D eigenvalue weighted by atomic mass is 19.1. The summed E-state index contributed by atoms with van der Waals surface area (Å²) < 4.78 is 15.4. The lowest BCUT2D eigenvalue weighted by atomic mass is 10.1. The summed E-state index contributed by atoms with van der Waals surface area (Å²) in [7, 11) is 0. The normalized spacial score (nSPS) is 17.5. The third kappa shape index (κ3) is 2.46. The van der Waals surface area contributed by atoms with Gasteiger partial charge < -0.3 is 5.11 Å². The SMILES string of the molecule is O=C(O)[C@@H]1CCCc2nn(Cc3ccc(F)cc3)c(=O)n21. The Morgan fingerprint density at radius 2 is 2.10 bits per heavy atom. The van der Waals surface area contributed by atoms with E-state index in [1.807, 2.05) is 0 Å². The molecular weight excluding hydrogens is 277 g/mol. The van der Waals surface area contributed by atoms with Crippen LogP contribution < -0.4 is 5.69 Å². The molecule has 0 fully saturated rings. The first-order chi connectivity index (χ1) is 10.1. The molecule has 3 rings (SSSR count). The number of carbonyl (C=O) groups is 1. The van der Waals surface area contributed by atoms with Crippen molar-refractivity contribution < 1.29 is 14.3 Å². The highest BCUT2D eigenvalue weighted by molar-refractivity contribution is 5.72. The summed E-state index contributed by atoms with van der Waals surface area (Å²) in [6, 6.07) is 4.94. The molecule has 110 valence electrons. The molecule has 0 unspecified atom stereocenters. The van der Waals surface area contributed by atoms with Crippen molar-refractivity contribution in [3.8, 4) is 0 Å². The number of rotatable bonds is 3. The number of halogens is 1. The minimum Gasteiger partial charge on any atom is -0.480 e. The number of benzene rings is 1. The molecular formula is C14H14FN3O3. The van der Waals surface area contributed by atoms with Crippen molar-refractivity contribution in [1.29, 1.82) is 0 Å². The van der Waals surface area contributed by atoms with E-state index < -0.39 is 17.7 Å². The van der Waals surface area contributed by atoms with E-state index in [0.29, 0.717) is 25.1 Å². The molecule has 0 saturated carbocycles. The summed E-state index contributed by atoms with van der Waals surface area (Å²) in [5.74, 6) is -0.860. The Morgan fingerprint density at radius 3 is 2.76 bits per heavy atom. The van der Waals surface area contributed by atoms with Gasteiger partial charge in [-0.1, -0.05) is 12.1 Å². The average molecular weight is 291 g/mol. The fraction of sp³-hybridized carbons (Fsp3) is 0.357. The molecule has 1 N–H and O–H groups in total. The Kier molecular flexibility index (Phi) is 3.32. The third-order valence-electron chi connectivity index (χ3n) is 3.66. The number of nitrogens with zero attached hydrogens (tertiary/aromatic N) is 3. The van der Waals surface area contributed by atoms with E-state index in [-0.39, 0.29) is 12.4 Å². The number of hydrogen-bond acceptors (Lipinski definition) is 3. The van der Waals surface area contributed by atoms with Gasteiger partial charge in [0.2, 0.25) is 0 Å². The van der Waals surface area contributed by atoms with E-state index in [4.69, 9.17) is 0 Å². The van der Waals surface area contributed by atoms with Crippen LogP contribution in [0, 0.1) is 5.82 Å². The van der Waals surface area contributed by atoms with Gasteiger partial charge in [-0.3, -0.25) is 4.57 Å². The maximum absolute atomic E-state index is 12.9. The van der Waals surface area contributed by atoms with Crippen LogP contribution in [0.25, 0.3) is 0 Å². The number of aryl methyl sites for hydroxylation is 1. The highest BCUT2D eigenvalue weighted by Crippen LogP contribution is 2.21. The van der Waals surface area contributed by atoms with E-state index in [1.165, 1.54) is 21.4 Å². The third-order valence-corrected chi connectivity index (χ3v) is 3.66. The Labute approximate surface area is 119 Å². The second-order valence-corrected chi connectivity index (χ2v) is 5.10. The van der Waals surface area contributed by atoms with Gasteiger partial charge in [0.1, 0.15) is 17.7 Å². The number of aromatic nitrogens is 3. The van der Waals surface area contributed by atoms with E-state index in [1.54, 1.807) is 12.1 Å². The lowest BCUT2D eigenvalue weighted by molar-refractivity contribution is -0.141. The van der Waals surface area contributed by atoms with Gasteiger partial charge >= 0.3 is 11.7 Å². The van der Waals surface area contributed by atoms with Crippen molar-refractivity contribution in [1.82, 2.24) is 14.3 Å². The molecule has 0 bridgehead atoms. The first kappa shape index (κ1) is 13.5. The second kappa shape index (κ2) is 5.16. The van der Waals surface area contributed by atoms with E-state index in [0.717, 1.165) is 5.56 Å². The lowest BCUT2D eigenvalue weighted by Gasteiger charge is -2.19. The second-order valence-electron chi connectivity index (χ2n) is 5.10. The standard InChI is InChI=1S/C14H14FN3O3/c15-10-6-4-9(5-7-10)8-17-14(21)18-11(13(19)20)2-1-3-12(18)16-17/h4-7,11H,1-3,8H2,(H,19,20)/t11-/m0/s1. The molecule has 0 saturated heterocycles. The summed E-state index contributed by atoms with van der Waals surface area (Å²) in [4.78, 5) is 23.6. The molecule has 2 aromatic rings. The predicted molar refractivity (Wildman–Crippen MR) is 71.6 cm³/mol. The maximum atomic E-state index is 12.9. The summed E-state index contributed by atoms with van der Waals surface area (Å²) in [6.07, 6.45) is 1.73. The quantitative estimate of drug-likeness (QED) is 0.921. The number of hydrogen-bond donors (Lipinski definition) is 1. The van der Waals surface area contributed by atoms with Gasteiger partial charge in [0.15, 0.2) is 0 Å². The van der Waals surface area contributed by atoms with Crippen LogP contribution in [0.4, 0.5) is 4.39 Å². The van der Waals surface area contributed by atoms with Crippen molar-refractivity contribution in [2.75, 3.05) is 0 Å². The van der Waals surface area contributed by atoms with E-state index >= 15 is 0 Å². The molecule has 1 aliphatic rings. The maximum Gasteiger partial charge on any atom is 0.347 e. The van der Waals surface area contributed by atoms with Crippen LogP contribution in [0.15, 0.2) is 29.1 Å². The average Bonchev–Trinajstić information content (AvgIpc) is 2.78. The largest absolute Gasteiger partial charge is 0.480 e. The lowest BCUT2D eigenvalue weighted by Crippen LogP contribution is -2.34. The van der Waals surface area contributed by atoms with Crippen molar-refractivity contribution in [2.45, 2.75) is 31.8 Å². The fourth-order valence-corrected chi connectivity index (χ4v) is 2.63. The Hall–Kier alpha value is -2.44. The molecule has 0 radical (unpaired) electrons. The van der Waals surface area contributed by atoms with Gasteiger partial charge in [0, 0.05) is 6.42 Å². The molecule has 1 aromatic carbocycles. The van der Waals surface area contributed by atoms with E-state index in [2.05, 4.69) is 5.10 Å². The van der Waals surface area contributed by atoms with Gasteiger partial charge in [-0.25, -0.2) is 18.7 Å². The smallest absolute Gasteiger partial charge is 0.347 e. The summed E-state index contributed by atoms with van der Waals surface area (Å²) in [5.41, 5.74) is 0.308. The molecule has 1 aromatic heterocycles. The number of fused-ring (bicyclic) bond motifs is 1. The van der Waals surface area contributed by atoms with Gasteiger partial charge in [-0.2, -0.15) is 5.10 Å². The van der Waals surface area contributed by atoms with Crippen LogP contribution >= 0.6 is 0 Å². The topological polar surface area (TPSA) is 77.1 Å². The number of aliphatic carboxylic acids is 1. The summed E-state index contributed by atoms with van der Waals surface area (Å²) in [6.45, 7) is 0.200. The first-order valence-corrected chi connectivity index (χ1v) is 6.72. The molecule has 0 aliphatic carbocycles. The zero-order chi connectivity index (χ0) is 15.0. The Morgan fingerprint density at radius 1 is 1.38 bits per heavy atom. The first-order valence-electron chi connectivity index (χ1n) is 6.72. The number of carboxylic acids is 1. The molecule has 6 nitrogen and oxygen atoms in total. The summed E-state index contributed by atoms with van der Waals surface area (Å²) in [5, 5.41) is 13.4. The minimum atomic E-state index is -1.01. The zero-order valence-corrected chi connectivity index (χ0v) is 11.2. The molecule has 0 amide bonds. The minimum absolute atomic E-state index is 0.200. The predicted octanol–water partition coefficient (Wildman–Crippen LogP) is 1.19. The molecule has 7 heteroatoms. The van der Waals surface area contributed by atoms with Gasteiger partial charge in [-0.05, 0) is 30.5 Å². The molecule has 0 spiro atoms. The van der Waals surface area contributed by atoms with Crippen LogP contribution in [-0.2, 0) is 17.8 Å². The Balaban J connectivity index is 1.96. The zero-order valence-electron chi connectivity index (χ0n) is 11.2. The molecule has 1 atom stereocenters. The van der Waals surface area contributed by atoms with Crippen LogP contribution in [-0.4, -0.2) is 25.4 Å². The monoisotopic (exact) mass is 291 g/mol. The summed E-state index contributed by atoms with van der Waals surface area (Å²) >= 11 is 0. The van der Waals surface area contributed by atoms with Crippen molar-refractivity contribution in [3.05, 3.63) is 52.0 Å². The van der Waals surface area contributed by atoms with Gasteiger partial charge in [-0.15, -0.1) is 0 Å². The van der Waals surface area contributed by atoms with Crippen LogP contribution in [0.5, 0.6) is 0 Å². The molecule has 1 aliphatic heterocycles. The highest BCUT2D eigenvalue weighted by Gasteiger charge is 2.30. The van der Waals surface area contributed by atoms with E-state index in [9.17, 15) is 19.1 Å². The van der Waals surface area contributed by atoms with Crippen LogP contribution in [0.3, 0.4) is 0 Å². The fourth-order valence-electron chi connectivity index (χ4n) is 2.63. The molecule has 2 heterocycles. The van der Waals surface area contributed by atoms with Gasteiger partial charge in [0.05, 0.1) is 6.54 Å². The van der Waals surface area contributed by atoms with Gasteiger partial charge in [0.25, 0.3) is 0 Å². The number of carboxylic acid groups (broad SMARTS) is 1. The molecule has 21 heavy (non-hydrogen) atoms. The van der Waals surface area contributed by atoms with Crippen molar-refractivity contribution >= 4 is 5.97 Å². The van der Waals surface area contributed by atoms with Crippen molar-refractivity contribution in [2.24, 2.45) is 0 Å². The van der Waals surface area contributed by atoms with Crippen molar-refractivity contribution in [3.63, 3.8) is 0 Å².